The van der Waals surface area contributed by atoms with Gasteiger partial charge in [-0.3, -0.25) is 4.79 Å². The van der Waals surface area contributed by atoms with Crippen LogP contribution in [0.15, 0.2) is 65.8 Å². The van der Waals surface area contributed by atoms with Crippen LogP contribution in [0.3, 0.4) is 0 Å². The monoisotopic (exact) mass is 308 g/mol. The lowest BCUT2D eigenvalue weighted by atomic mass is 10.1. The van der Waals surface area contributed by atoms with Crippen molar-refractivity contribution in [3.63, 3.8) is 0 Å². The van der Waals surface area contributed by atoms with Crippen LogP contribution >= 0.6 is 0 Å². The topological polar surface area (TPSA) is 61.7 Å². The summed E-state index contributed by atoms with van der Waals surface area (Å²) in [6.45, 7) is 0. The number of benzene rings is 3. The number of fused-ring (bicyclic) bond motifs is 1. The van der Waals surface area contributed by atoms with Crippen molar-refractivity contribution in [2.24, 2.45) is 5.10 Å². The van der Waals surface area contributed by atoms with Gasteiger partial charge in [0.05, 0.1) is 11.8 Å². The summed E-state index contributed by atoms with van der Waals surface area (Å²) in [5.74, 6) is -1.19. The van der Waals surface area contributed by atoms with E-state index in [2.05, 4.69) is 10.5 Å². The first-order valence-corrected chi connectivity index (χ1v) is 6.95. The minimum atomic E-state index is -0.653. The first kappa shape index (κ1) is 14.7. The average Bonchev–Trinajstić information content (AvgIpc) is 2.57. The molecule has 3 aromatic rings. The normalized spacial score (nSPS) is 11.0. The summed E-state index contributed by atoms with van der Waals surface area (Å²) >= 11 is 0. The molecule has 114 valence electrons. The van der Waals surface area contributed by atoms with E-state index in [9.17, 15) is 14.3 Å². The maximum atomic E-state index is 13.5. The molecule has 3 aromatic carbocycles. The summed E-state index contributed by atoms with van der Waals surface area (Å²) in [6.07, 6.45) is 1.32. The Kier molecular flexibility index (Phi) is 4.01. The number of carbonyl (C=O) groups is 1. The van der Waals surface area contributed by atoms with Gasteiger partial charge in [-0.1, -0.05) is 42.5 Å². The Balaban J connectivity index is 1.80. The number of carbonyl (C=O) groups excluding carboxylic acids is 1. The SMILES string of the molecule is O=C(N/N=C\c1ccc2ccccc2c1O)c1ccccc1F. The largest absolute Gasteiger partial charge is 0.507 e. The van der Waals surface area contributed by atoms with Crippen LogP contribution < -0.4 is 5.43 Å². The predicted molar refractivity (Wildman–Crippen MR) is 87.1 cm³/mol. The zero-order chi connectivity index (χ0) is 16.2. The molecule has 0 heterocycles. The van der Waals surface area contributed by atoms with Gasteiger partial charge in [0.15, 0.2) is 0 Å². The van der Waals surface area contributed by atoms with E-state index >= 15 is 0 Å². The maximum Gasteiger partial charge on any atom is 0.274 e. The molecule has 0 bridgehead atoms. The number of halogens is 1. The smallest absolute Gasteiger partial charge is 0.274 e. The molecule has 2 N–H and O–H groups in total. The van der Waals surface area contributed by atoms with Gasteiger partial charge in [0.25, 0.3) is 5.91 Å². The second-order valence-electron chi connectivity index (χ2n) is 4.90. The van der Waals surface area contributed by atoms with Crippen molar-refractivity contribution in [2.45, 2.75) is 0 Å². The summed E-state index contributed by atoms with van der Waals surface area (Å²) in [6, 6.07) is 16.6. The molecule has 3 rings (SSSR count). The van der Waals surface area contributed by atoms with Crippen LogP contribution in [0.1, 0.15) is 15.9 Å². The number of amides is 1. The fraction of sp³-hybridized carbons (Fsp3) is 0. The summed E-state index contributed by atoms with van der Waals surface area (Å²) in [5, 5.41) is 15.6. The molecule has 1 amide bonds. The summed E-state index contributed by atoms with van der Waals surface area (Å²) in [4.78, 5) is 11.8. The van der Waals surface area contributed by atoms with Crippen molar-refractivity contribution in [1.82, 2.24) is 5.43 Å². The number of aromatic hydroxyl groups is 1. The van der Waals surface area contributed by atoms with E-state index in [1.54, 1.807) is 18.2 Å². The third-order valence-corrected chi connectivity index (χ3v) is 3.42. The van der Waals surface area contributed by atoms with Crippen molar-refractivity contribution in [2.75, 3.05) is 0 Å². The van der Waals surface area contributed by atoms with E-state index in [-0.39, 0.29) is 11.3 Å². The molecule has 0 atom stereocenters. The van der Waals surface area contributed by atoms with Crippen molar-refractivity contribution >= 4 is 22.9 Å². The molecular formula is C18H13FN2O2. The molecule has 5 heteroatoms. The minimum absolute atomic E-state index is 0.0759. The number of nitrogens with one attached hydrogen (secondary N) is 1. The highest BCUT2D eigenvalue weighted by Gasteiger charge is 2.09. The Morgan fingerprint density at radius 2 is 1.78 bits per heavy atom. The number of phenolic OH excluding ortho intramolecular Hbond substituents is 1. The predicted octanol–water partition coefficient (Wildman–Crippen LogP) is 3.45. The van der Waals surface area contributed by atoms with Gasteiger partial charge in [0, 0.05) is 10.9 Å². The zero-order valence-electron chi connectivity index (χ0n) is 12.0. The van der Waals surface area contributed by atoms with Gasteiger partial charge in [-0.05, 0) is 23.6 Å². The molecular weight excluding hydrogens is 295 g/mol. The van der Waals surface area contributed by atoms with Gasteiger partial charge >= 0.3 is 0 Å². The van der Waals surface area contributed by atoms with E-state index in [1.807, 2.05) is 24.3 Å². The molecule has 0 aliphatic heterocycles. The van der Waals surface area contributed by atoms with Gasteiger partial charge in [-0.15, -0.1) is 0 Å². The van der Waals surface area contributed by atoms with Crippen LogP contribution in [0, 0.1) is 5.82 Å². The van der Waals surface area contributed by atoms with Crippen LogP contribution in [-0.2, 0) is 0 Å². The number of hydrazone groups is 1. The highest BCUT2D eigenvalue weighted by atomic mass is 19.1. The van der Waals surface area contributed by atoms with Gasteiger partial charge in [0.2, 0.25) is 0 Å². The van der Waals surface area contributed by atoms with Gasteiger partial charge < -0.3 is 5.11 Å². The molecule has 0 fully saturated rings. The van der Waals surface area contributed by atoms with Crippen LogP contribution in [0.4, 0.5) is 4.39 Å². The maximum absolute atomic E-state index is 13.5. The first-order valence-electron chi connectivity index (χ1n) is 6.95. The highest BCUT2D eigenvalue weighted by molar-refractivity contribution is 5.98. The molecule has 0 aliphatic rings. The lowest BCUT2D eigenvalue weighted by Gasteiger charge is -2.04. The number of hydrogen-bond donors (Lipinski definition) is 2. The third-order valence-electron chi connectivity index (χ3n) is 3.42. The van der Waals surface area contributed by atoms with Gasteiger partial charge in [-0.25, -0.2) is 9.82 Å². The minimum Gasteiger partial charge on any atom is -0.507 e. The van der Waals surface area contributed by atoms with E-state index < -0.39 is 11.7 Å². The molecule has 0 unspecified atom stereocenters. The lowest BCUT2D eigenvalue weighted by molar-refractivity contribution is 0.0951. The number of rotatable bonds is 3. The zero-order valence-corrected chi connectivity index (χ0v) is 12.0. The Morgan fingerprint density at radius 3 is 2.61 bits per heavy atom. The third kappa shape index (κ3) is 3.03. The van der Waals surface area contributed by atoms with E-state index in [4.69, 9.17) is 0 Å². The van der Waals surface area contributed by atoms with Gasteiger partial charge in [-0.2, -0.15) is 5.10 Å². The van der Waals surface area contributed by atoms with Crippen molar-refractivity contribution in [3.05, 3.63) is 77.6 Å². The van der Waals surface area contributed by atoms with E-state index in [0.29, 0.717) is 10.9 Å². The molecule has 0 spiro atoms. The summed E-state index contributed by atoms with van der Waals surface area (Å²) in [7, 11) is 0. The first-order chi connectivity index (χ1) is 11.2. The van der Waals surface area contributed by atoms with Crippen molar-refractivity contribution in [3.8, 4) is 5.75 Å². The standard InChI is InChI=1S/C18H13FN2O2/c19-16-8-4-3-7-15(16)18(23)21-20-11-13-10-9-12-5-1-2-6-14(12)17(13)22/h1-11,22H,(H,21,23)/b20-11-. The fourth-order valence-electron chi connectivity index (χ4n) is 2.24. The summed E-state index contributed by atoms with van der Waals surface area (Å²) < 4.78 is 13.5. The second kappa shape index (κ2) is 6.27. The molecule has 0 aliphatic carbocycles. The molecule has 0 saturated carbocycles. The van der Waals surface area contributed by atoms with Crippen molar-refractivity contribution < 1.29 is 14.3 Å². The number of nitrogens with zero attached hydrogens (tertiary/aromatic N) is 1. The molecule has 0 radical (unpaired) electrons. The van der Waals surface area contributed by atoms with E-state index in [0.717, 1.165) is 5.39 Å². The van der Waals surface area contributed by atoms with E-state index in [1.165, 1.54) is 24.4 Å². The molecule has 0 aromatic heterocycles. The quantitative estimate of drug-likeness (QED) is 0.575. The molecule has 4 nitrogen and oxygen atoms in total. The van der Waals surface area contributed by atoms with Crippen LogP contribution in [0.25, 0.3) is 10.8 Å². The second-order valence-corrected chi connectivity index (χ2v) is 4.90. The Morgan fingerprint density at radius 1 is 1.04 bits per heavy atom. The fourth-order valence-corrected chi connectivity index (χ4v) is 2.24. The van der Waals surface area contributed by atoms with Crippen LogP contribution in [0.2, 0.25) is 0 Å². The summed E-state index contributed by atoms with van der Waals surface area (Å²) in [5.41, 5.74) is 2.61. The lowest BCUT2D eigenvalue weighted by Crippen LogP contribution is -2.18. The highest BCUT2D eigenvalue weighted by Crippen LogP contribution is 2.27. The van der Waals surface area contributed by atoms with Gasteiger partial charge in [0.1, 0.15) is 11.6 Å². The van der Waals surface area contributed by atoms with Crippen LogP contribution in [-0.4, -0.2) is 17.2 Å². The number of phenols is 1. The Labute approximate surface area is 131 Å². The Bertz CT molecular complexity index is 906. The molecule has 0 saturated heterocycles. The Hall–Kier alpha value is -3.21. The molecule has 23 heavy (non-hydrogen) atoms. The average molecular weight is 308 g/mol. The van der Waals surface area contributed by atoms with Crippen LogP contribution in [0.5, 0.6) is 5.75 Å². The number of hydrogen-bond acceptors (Lipinski definition) is 3. The van der Waals surface area contributed by atoms with Crippen molar-refractivity contribution in [1.29, 1.82) is 0 Å².